The van der Waals surface area contributed by atoms with Gasteiger partial charge in [-0.05, 0) is 66.1 Å². The van der Waals surface area contributed by atoms with E-state index in [0.717, 1.165) is 36.1 Å². The Morgan fingerprint density at radius 1 is 1.12 bits per heavy atom. The van der Waals surface area contributed by atoms with E-state index in [9.17, 15) is 9.90 Å². The molecule has 3 rings (SSSR count). The molecule has 1 atom stereocenters. The lowest BCUT2D eigenvalue weighted by molar-refractivity contribution is -0.136. The van der Waals surface area contributed by atoms with Gasteiger partial charge < -0.3 is 14.9 Å². The number of aliphatic hydroxyl groups excluding tert-OH is 1. The van der Waals surface area contributed by atoms with Gasteiger partial charge in [-0.3, -0.25) is 4.79 Å². The highest BCUT2D eigenvalue weighted by molar-refractivity contribution is 5.67. The molecule has 1 unspecified atom stereocenters. The van der Waals surface area contributed by atoms with Gasteiger partial charge in [0.1, 0.15) is 12.4 Å². The van der Waals surface area contributed by atoms with E-state index in [0.29, 0.717) is 13.0 Å². The molecule has 4 heteroatoms. The van der Waals surface area contributed by atoms with Gasteiger partial charge in [-0.15, -0.1) is 0 Å². The van der Waals surface area contributed by atoms with Crippen molar-refractivity contribution < 1.29 is 19.7 Å². The molecule has 2 aromatic rings. The van der Waals surface area contributed by atoms with Crippen LogP contribution in [0.25, 0.3) is 5.57 Å². The third-order valence-corrected chi connectivity index (χ3v) is 4.64. The molecule has 2 N–H and O–H groups in total. The van der Waals surface area contributed by atoms with Crippen molar-refractivity contribution in [3.63, 3.8) is 0 Å². The normalized spacial score (nSPS) is 16.8. The maximum Gasteiger partial charge on any atom is 0.303 e. The predicted molar refractivity (Wildman–Crippen MR) is 101 cm³/mol. The molecular formula is C22H24O4. The van der Waals surface area contributed by atoms with Crippen LogP contribution in [-0.2, 0) is 17.8 Å². The smallest absolute Gasteiger partial charge is 0.303 e. The fourth-order valence-corrected chi connectivity index (χ4v) is 3.11. The summed E-state index contributed by atoms with van der Waals surface area (Å²) in [7, 11) is 0. The Bertz CT molecular complexity index is 777. The summed E-state index contributed by atoms with van der Waals surface area (Å²) < 4.78 is 5.86. The lowest BCUT2D eigenvalue weighted by atomic mass is 9.91. The summed E-state index contributed by atoms with van der Waals surface area (Å²) in [6.45, 7) is 0.484. The molecule has 0 amide bonds. The van der Waals surface area contributed by atoms with Crippen LogP contribution >= 0.6 is 0 Å². The lowest BCUT2D eigenvalue weighted by Gasteiger charge is -2.18. The minimum Gasteiger partial charge on any atom is -0.489 e. The number of carbonyl (C=O) groups is 1. The minimum absolute atomic E-state index is 0.139. The molecule has 0 bridgehead atoms. The molecule has 0 spiro atoms. The maximum absolute atomic E-state index is 10.6. The van der Waals surface area contributed by atoms with Crippen LogP contribution in [-0.4, -0.2) is 22.3 Å². The van der Waals surface area contributed by atoms with Crippen molar-refractivity contribution >= 4 is 11.5 Å². The first-order valence-electron chi connectivity index (χ1n) is 9.00. The summed E-state index contributed by atoms with van der Waals surface area (Å²) in [6, 6.07) is 15.9. The van der Waals surface area contributed by atoms with Gasteiger partial charge >= 0.3 is 5.97 Å². The zero-order chi connectivity index (χ0) is 18.4. The monoisotopic (exact) mass is 352 g/mol. The van der Waals surface area contributed by atoms with E-state index in [2.05, 4.69) is 18.2 Å². The van der Waals surface area contributed by atoms with Crippen LogP contribution in [0.15, 0.2) is 54.6 Å². The van der Waals surface area contributed by atoms with Gasteiger partial charge in [-0.1, -0.05) is 36.4 Å². The Morgan fingerprint density at radius 2 is 1.92 bits per heavy atom. The number of allylic oxidation sites excluding steroid dienone is 1. The summed E-state index contributed by atoms with van der Waals surface area (Å²) in [4.78, 5) is 10.6. The Kier molecular flexibility index (Phi) is 6.08. The first-order valence-corrected chi connectivity index (χ1v) is 9.00. The van der Waals surface area contributed by atoms with Gasteiger partial charge in [0.25, 0.3) is 0 Å². The number of carboxylic acids is 1. The number of aryl methyl sites for hydroxylation is 1. The summed E-state index contributed by atoms with van der Waals surface area (Å²) in [5.41, 5.74) is 4.58. The van der Waals surface area contributed by atoms with Crippen molar-refractivity contribution in [2.24, 2.45) is 0 Å². The van der Waals surface area contributed by atoms with Crippen molar-refractivity contribution in [2.75, 3.05) is 0 Å². The van der Waals surface area contributed by atoms with Crippen molar-refractivity contribution in [1.29, 1.82) is 0 Å². The average Bonchev–Trinajstić information content (AvgIpc) is 2.66. The molecule has 0 aliphatic heterocycles. The molecular weight excluding hydrogens is 328 g/mol. The zero-order valence-electron chi connectivity index (χ0n) is 14.7. The Labute approximate surface area is 153 Å². The van der Waals surface area contributed by atoms with Crippen molar-refractivity contribution in [3.05, 3.63) is 71.3 Å². The lowest BCUT2D eigenvalue weighted by Crippen LogP contribution is -2.09. The standard InChI is InChI=1S/C22H24O4/c23-20-9-7-18(8-10-20)19-3-1-2-17(14-19)15-26-21-11-4-16(5-12-21)6-13-22(24)25/h1-5,7,11-12,14,20,23H,6,8-10,13,15H2,(H,24,25). The fourth-order valence-electron chi connectivity index (χ4n) is 3.11. The Hall–Kier alpha value is -2.59. The number of rotatable bonds is 7. The van der Waals surface area contributed by atoms with E-state index in [1.807, 2.05) is 36.4 Å². The third-order valence-electron chi connectivity index (χ3n) is 4.64. The molecule has 4 nitrogen and oxygen atoms in total. The molecule has 1 aliphatic carbocycles. The van der Waals surface area contributed by atoms with Gasteiger partial charge in [0.05, 0.1) is 6.10 Å². The average molecular weight is 352 g/mol. The van der Waals surface area contributed by atoms with E-state index >= 15 is 0 Å². The number of aliphatic carboxylic acids is 1. The molecule has 0 fully saturated rings. The van der Waals surface area contributed by atoms with Crippen LogP contribution in [0.1, 0.15) is 42.4 Å². The SMILES string of the molecule is O=C(O)CCc1ccc(OCc2cccc(C3=CCC(O)CC3)c2)cc1. The molecule has 136 valence electrons. The first kappa shape index (κ1) is 18.2. The molecule has 1 aliphatic rings. The molecule has 0 heterocycles. The zero-order valence-corrected chi connectivity index (χ0v) is 14.7. The van der Waals surface area contributed by atoms with Crippen molar-refractivity contribution in [2.45, 2.75) is 44.8 Å². The van der Waals surface area contributed by atoms with Gasteiger partial charge in [0, 0.05) is 6.42 Å². The number of carboxylic acid groups (broad SMARTS) is 1. The molecule has 0 saturated heterocycles. The first-order chi connectivity index (χ1) is 12.6. The molecule has 0 radical (unpaired) electrons. The quantitative estimate of drug-likeness (QED) is 0.783. The highest BCUT2D eigenvalue weighted by atomic mass is 16.5. The largest absolute Gasteiger partial charge is 0.489 e. The Morgan fingerprint density at radius 3 is 2.62 bits per heavy atom. The summed E-state index contributed by atoms with van der Waals surface area (Å²) >= 11 is 0. The third kappa shape index (κ3) is 5.20. The number of ether oxygens (including phenoxy) is 1. The van der Waals surface area contributed by atoms with Gasteiger partial charge in [-0.25, -0.2) is 0 Å². The minimum atomic E-state index is -0.784. The molecule has 2 aromatic carbocycles. The molecule has 0 saturated carbocycles. The summed E-state index contributed by atoms with van der Waals surface area (Å²) in [6.07, 6.45) is 5.04. The van der Waals surface area contributed by atoms with Crippen LogP contribution in [0, 0.1) is 0 Å². The van der Waals surface area contributed by atoms with E-state index in [4.69, 9.17) is 9.84 Å². The second kappa shape index (κ2) is 8.68. The number of hydrogen-bond acceptors (Lipinski definition) is 3. The molecule has 0 aromatic heterocycles. The number of aliphatic hydroxyl groups is 1. The van der Waals surface area contributed by atoms with Crippen LogP contribution < -0.4 is 4.74 Å². The Balaban J connectivity index is 1.58. The van der Waals surface area contributed by atoms with Crippen molar-refractivity contribution in [1.82, 2.24) is 0 Å². The topological polar surface area (TPSA) is 66.8 Å². The molecule has 26 heavy (non-hydrogen) atoms. The van der Waals surface area contributed by atoms with Crippen LogP contribution in [0.3, 0.4) is 0 Å². The van der Waals surface area contributed by atoms with Crippen LogP contribution in [0.2, 0.25) is 0 Å². The summed E-state index contributed by atoms with van der Waals surface area (Å²) in [5.74, 6) is -0.0118. The summed E-state index contributed by atoms with van der Waals surface area (Å²) in [5, 5.41) is 18.4. The number of hydrogen-bond donors (Lipinski definition) is 2. The van der Waals surface area contributed by atoms with Crippen molar-refractivity contribution in [3.8, 4) is 5.75 Å². The van der Waals surface area contributed by atoms with Crippen LogP contribution in [0.5, 0.6) is 5.75 Å². The van der Waals surface area contributed by atoms with E-state index < -0.39 is 5.97 Å². The second-order valence-corrected chi connectivity index (χ2v) is 6.68. The highest BCUT2D eigenvalue weighted by Crippen LogP contribution is 2.27. The second-order valence-electron chi connectivity index (χ2n) is 6.68. The maximum atomic E-state index is 10.6. The van der Waals surface area contributed by atoms with E-state index in [1.165, 1.54) is 11.1 Å². The van der Waals surface area contributed by atoms with Gasteiger partial charge in [0.15, 0.2) is 0 Å². The predicted octanol–water partition coefficient (Wildman–Crippen LogP) is 4.21. The fraction of sp³-hybridized carbons (Fsp3) is 0.318. The highest BCUT2D eigenvalue weighted by Gasteiger charge is 2.13. The van der Waals surface area contributed by atoms with E-state index in [-0.39, 0.29) is 12.5 Å². The van der Waals surface area contributed by atoms with E-state index in [1.54, 1.807) is 0 Å². The van der Waals surface area contributed by atoms with Gasteiger partial charge in [-0.2, -0.15) is 0 Å². The van der Waals surface area contributed by atoms with Crippen LogP contribution in [0.4, 0.5) is 0 Å². The number of benzene rings is 2. The van der Waals surface area contributed by atoms with Gasteiger partial charge in [0.2, 0.25) is 0 Å².